The molecular formula is C18H23N3O3. The molecule has 0 radical (unpaired) electrons. The SMILES string of the molecule is COC(=O)c1c(C)[nH]c(C(=O)Nc2cccc(CN(C)C)c2)c1C. The van der Waals surface area contributed by atoms with E-state index < -0.39 is 5.97 Å². The summed E-state index contributed by atoms with van der Waals surface area (Å²) in [7, 11) is 5.31. The van der Waals surface area contributed by atoms with Gasteiger partial charge in [0.05, 0.1) is 12.7 Å². The number of anilines is 1. The number of aromatic amines is 1. The van der Waals surface area contributed by atoms with E-state index in [-0.39, 0.29) is 5.91 Å². The maximum atomic E-state index is 12.5. The van der Waals surface area contributed by atoms with Crippen molar-refractivity contribution < 1.29 is 14.3 Å². The molecule has 0 fully saturated rings. The first kappa shape index (κ1) is 17.7. The number of benzene rings is 1. The molecule has 24 heavy (non-hydrogen) atoms. The zero-order valence-electron chi connectivity index (χ0n) is 14.7. The van der Waals surface area contributed by atoms with Crippen molar-refractivity contribution in [2.45, 2.75) is 20.4 Å². The van der Waals surface area contributed by atoms with Crippen LogP contribution in [0.2, 0.25) is 0 Å². The fraction of sp³-hybridized carbons (Fsp3) is 0.333. The van der Waals surface area contributed by atoms with E-state index in [1.807, 2.05) is 38.4 Å². The van der Waals surface area contributed by atoms with Gasteiger partial charge in [0, 0.05) is 17.9 Å². The highest BCUT2D eigenvalue weighted by Gasteiger charge is 2.22. The van der Waals surface area contributed by atoms with E-state index >= 15 is 0 Å². The minimum atomic E-state index is -0.451. The summed E-state index contributed by atoms with van der Waals surface area (Å²) in [5.41, 5.74) is 3.79. The van der Waals surface area contributed by atoms with Crippen molar-refractivity contribution in [3.8, 4) is 0 Å². The summed E-state index contributed by atoms with van der Waals surface area (Å²) >= 11 is 0. The highest BCUT2D eigenvalue weighted by atomic mass is 16.5. The molecule has 0 spiro atoms. The first-order valence-electron chi connectivity index (χ1n) is 7.66. The lowest BCUT2D eigenvalue weighted by Gasteiger charge is -2.11. The van der Waals surface area contributed by atoms with Gasteiger partial charge < -0.3 is 19.9 Å². The van der Waals surface area contributed by atoms with Gasteiger partial charge >= 0.3 is 5.97 Å². The molecule has 1 amide bonds. The molecule has 128 valence electrons. The fourth-order valence-electron chi connectivity index (χ4n) is 2.69. The molecule has 6 heteroatoms. The van der Waals surface area contributed by atoms with E-state index in [0.29, 0.717) is 28.2 Å². The van der Waals surface area contributed by atoms with E-state index in [9.17, 15) is 9.59 Å². The molecular weight excluding hydrogens is 306 g/mol. The van der Waals surface area contributed by atoms with Gasteiger partial charge in [-0.1, -0.05) is 12.1 Å². The predicted molar refractivity (Wildman–Crippen MR) is 93.4 cm³/mol. The number of nitrogens with one attached hydrogen (secondary N) is 2. The van der Waals surface area contributed by atoms with Crippen LogP contribution in [0.25, 0.3) is 0 Å². The van der Waals surface area contributed by atoms with Crippen molar-refractivity contribution in [2.75, 3.05) is 26.5 Å². The molecule has 1 aromatic heterocycles. The lowest BCUT2D eigenvalue weighted by Crippen LogP contribution is -2.15. The van der Waals surface area contributed by atoms with Gasteiger partial charge in [-0.2, -0.15) is 0 Å². The molecule has 0 aliphatic carbocycles. The summed E-state index contributed by atoms with van der Waals surface area (Å²) in [5, 5.41) is 2.87. The van der Waals surface area contributed by atoms with Crippen molar-refractivity contribution in [3.63, 3.8) is 0 Å². The Hall–Kier alpha value is -2.60. The van der Waals surface area contributed by atoms with Gasteiger partial charge in [-0.15, -0.1) is 0 Å². The van der Waals surface area contributed by atoms with Crippen molar-refractivity contribution in [1.29, 1.82) is 0 Å². The average Bonchev–Trinajstić information content (AvgIpc) is 2.81. The number of rotatable bonds is 5. The molecule has 0 bridgehead atoms. The highest BCUT2D eigenvalue weighted by molar-refractivity contribution is 6.06. The van der Waals surface area contributed by atoms with E-state index in [4.69, 9.17) is 4.74 Å². The van der Waals surface area contributed by atoms with E-state index in [1.54, 1.807) is 13.8 Å². The van der Waals surface area contributed by atoms with Gasteiger partial charge in [0.1, 0.15) is 5.69 Å². The normalized spacial score (nSPS) is 10.8. The van der Waals surface area contributed by atoms with Gasteiger partial charge in [0.2, 0.25) is 0 Å². The predicted octanol–water partition coefficient (Wildman–Crippen LogP) is 2.73. The summed E-state index contributed by atoms with van der Waals surface area (Å²) in [6.07, 6.45) is 0. The number of ether oxygens (including phenoxy) is 1. The molecule has 6 nitrogen and oxygen atoms in total. The Morgan fingerprint density at radius 1 is 1.25 bits per heavy atom. The second-order valence-corrected chi connectivity index (χ2v) is 6.01. The van der Waals surface area contributed by atoms with Gasteiger partial charge in [-0.25, -0.2) is 4.79 Å². The number of esters is 1. The minimum Gasteiger partial charge on any atom is -0.465 e. The molecule has 1 heterocycles. The zero-order valence-corrected chi connectivity index (χ0v) is 14.7. The van der Waals surface area contributed by atoms with Crippen LogP contribution in [0, 0.1) is 13.8 Å². The van der Waals surface area contributed by atoms with Crippen molar-refractivity contribution >= 4 is 17.6 Å². The molecule has 2 N–H and O–H groups in total. The second-order valence-electron chi connectivity index (χ2n) is 6.01. The number of aryl methyl sites for hydroxylation is 1. The Morgan fingerprint density at radius 3 is 2.58 bits per heavy atom. The summed E-state index contributed by atoms with van der Waals surface area (Å²) < 4.78 is 4.77. The number of nitrogens with zero attached hydrogens (tertiary/aromatic N) is 1. The molecule has 1 aromatic carbocycles. The third-order valence-corrected chi connectivity index (χ3v) is 3.74. The number of H-pyrrole nitrogens is 1. The Balaban J connectivity index is 2.23. The smallest absolute Gasteiger partial charge is 0.339 e. The van der Waals surface area contributed by atoms with Crippen LogP contribution < -0.4 is 5.32 Å². The Kier molecular flexibility index (Phi) is 5.41. The maximum Gasteiger partial charge on any atom is 0.339 e. The number of aromatic nitrogens is 1. The molecule has 2 rings (SSSR count). The maximum absolute atomic E-state index is 12.5. The van der Waals surface area contributed by atoms with Gasteiger partial charge in [0.15, 0.2) is 0 Å². The topological polar surface area (TPSA) is 74.4 Å². The van der Waals surface area contributed by atoms with Crippen LogP contribution in [0.15, 0.2) is 24.3 Å². The van der Waals surface area contributed by atoms with Crippen molar-refractivity contribution in [1.82, 2.24) is 9.88 Å². The molecule has 0 atom stereocenters. The van der Waals surface area contributed by atoms with Gasteiger partial charge in [-0.3, -0.25) is 4.79 Å². The quantitative estimate of drug-likeness (QED) is 0.827. The van der Waals surface area contributed by atoms with Crippen LogP contribution in [-0.4, -0.2) is 43.0 Å². The van der Waals surface area contributed by atoms with E-state index in [1.165, 1.54) is 7.11 Å². The van der Waals surface area contributed by atoms with Gasteiger partial charge in [-0.05, 0) is 51.2 Å². The third-order valence-electron chi connectivity index (χ3n) is 3.74. The average molecular weight is 329 g/mol. The molecule has 2 aromatic rings. The third kappa shape index (κ3) is 3.83. The van der Waals surface area contributed by atoms with Crippen LogP contribution in [0.1, 0.15) is 37.7 Å². The fourth-order valence-corrected chi connectivity index (χ4v) is 2.69. The molecule has 0 unspecified atom stereocenters. The number of carbonyl (C=O) groups is 2. The molecule has 0 saturated heterocycles. The summed E-state index contributed by atoms with van der Waals surface area (Å²) in [6, 6.07) is 7.68. The second kappa shape index (κ2) is 7.31. The largest absolute Gasteiger partial charge is 0.465 e. The van der Waals surface area contributed by atoms with E-state index in [2.05, 4.69) is 15.2 Å². The zero-order chi connectivity index (χ0) is 17.9. The summed E-state index contributed by atoms with van der Waals surface area (Å²) in [6.45, 7) is 4.26. The lowest BCUT2D eigenvalue weighted by molar-refractivity contribution is 0.0599. The molecule has 0 aliphatic heterocycles. The minimum absolute atomic E-state index is 0.284. The number of carbonyl (C=O) groups excluding carboxylic acids is 2. The van der Waals surface area contributed by atoms with Crippen molar-refractivity contribution in [3.05, 3.63) is 52.3 Å². The van der Waals surface area contributed by atoms with Crippen LogP contribution in [0.3, 0.4) is 0 Å². The summed E-state index contributed by atoms with van der Waals surface area (Å²) in [4.78, 5) is 29.4. The first-order valence-corrected chi connectivity index (χ1v) is 7.66. The Bertz CT molecular complexity index is 763. The monoisotopic (exact) mass is 329 g/mol. The number of hydrogen-bond acceptors (Lipinski definition) is 4. The lowest BCUT2D eigenvalue weighted by atomic mass is 10.1. The summed E-state index contributed by atoms with van der Waals surface area (Å²) in [5.74, 6) is -0.735. The number of methoxy groups -OCH3 is 1. The number of amides is 1. The van der Waals surface area contributed by atoms with Crippen LogP contribution >= 0.6 is 0 Å². The van der Waals surface area contributed by atoms with E-state index in [0.717, 1.165) is 12.1 Å². The van der Waals surface area contributed by atoms with Crippen LogP contribution in [0.5, 0.6) is 0 Å². The van der Waals surface area contributed by atoms with Crippen LogP contribution in [-0.2, 0) is 11.3 Å². The number of hydrogen-bond donors (Lipinski definition) is 2. The molecule has 0 aliphatic rings. The van der Waals surface area contributed by atoms with Gasteiger partial charge in [0.25, 0.3) is 5.91 Å². The van der Waals surface area contributed by atoms with Crippen molar-refractivity contribution in [2.24, 2.45) is 0 Å². The Labute approximate surface area is 141 Å². The van der Waals surface area contributed by atoms with Crippen LogP contribution in [0.4, 0.5) is 5.69 Å². The standard InChI is InChI=1S/C18H23N3O3/c1-11-15(18(23)24-5)12(2)19-16(11)17(22)20-14-8-6-7-13(9-14)10-21(3)4/h6-9,19H,10H2,1-5H3,(H,20,22). The highest BCUT2D eigenvalue weighted by Crippen LogP contribution is 2.20. The molecule has 0 saturated carbocycles. The first-order chi connectivity index (χ1) is 11.3. The Morgan fingerprint density at radius 2 is 1.96 bits per heavy atom.